The first kappa shape index (κ1) is 18.6. The third-order valence-corrected chi connectivity index (χ3v) is 4.87. The Morgan fingerprint density at radius 2 is 1.86 bits per heavy atom. The molecule has 1 aromatic heterocycles. The number of nitrogens with one attached hydrogen (secondary N) is 2. The highest BCUT2D eigenvalue weighted by atomic mass is 16.2. The Hall–Kier alpha value is -3.74. The summed E-state index contributed by atoms with van der Waals surface area (Å²) in [4.78, 5) is 42.6. The Labute approximate surface area is 167 Å². The number of fused-ring (bicyclic) bond motifs is 1. The molecule has 1 aliphatic rings. The summed E-state index contributed by atoms with van der Waals surface area (Å²) in [6.07, 6.45) is 2.06. The molecule has 7 nitrogen and oxygen atoms in total. The molecule has 2 N–H and O–H groups in total. The third-order valence-electron chi connectivity index (χ3n) is 4.87. The highest BCUT2D eigenvalue weighted by Crippen LogP contribution is 2.22. The van der Waals surface area contributed by atoms with Gasteiger partial charge in [0, 0.05) is 18.0 Å². The molecule has 2 heterocycles. The summed E-state index contributed by atoms with van der Waals surface area (Å²) in [5, 5.41) is 6.39. The van der Waals surface area contributed by atoms with Crippen molar-refractivity contribution in [2.45, 2.75) is 25.4 Å². The number of benzene rings is 2. The van der Waals surface area contributed by atoms with Gasteiger partial charge in [-0.1, -0.05) is 36.4 Å². The Balaban J connectivity index is 1.36. The van der Waals surface area contributed by atoms with E-state index in [4.69, 9.17) is 0 Å². The van der Waals surface area contributed by atoms with Crippen molar-refractivity contribution < 1.29 is 14.4 Å². The van der Waals surface area contributed by atoms with Gasteiger partial charge >= 0.3 is 6.03 Å². The first-order valence-electron chi connectivity index (χ1n) is 9.41. The molecule has 4 rings (SSSR count). The maximum Gasteiger partial charge on any atom is 0.325 e. The van der Waals surface area contributed by atoms with Crippen LogP contribution in [0.25, 0.3) is 10.9 Å². The zero-order valence-corrected chi connectivity index (χ0v) is 15.7. The van der Waals surface area contributed by atoms with Crippen LogP contribution < -0.4 is 10.6 Å². The quantitative estimate of drug-likeness (QED) is 0.635. The zero-order chi connectivity index (χ0) is 20.2. The number of pyridine rings is 1. The molecule has 2 aromatic carbocycles. The van der Waals surface area contributed by atoms with Crippen LogP contribution in [0.4, 0.5) is 10.5 Å². The van der Waals surface area contributed by atoms with Gasteiger partial charge in [-0.25, -0.2) is 4.79 Å². The molecule has 0 saturated carbocycles. The van der Waals surface area contributed by atoms with Gasteiger partial charge in [0.15, 0.2) is 0 Å². The maximum atomic E-state index is 12.6. The summed E-state index contributed by atoms with van der Waals surface area (Å²) in [6.45, 7) is 0.219. The summed E-state index contributed by atoms with van der Waals surface area (Å²) in [5.41, 5.74) is 2.34. The largest absolute Gasteiger partial charge is 0.326 e. The number of carbonyl (C=O) groups excluding carboxylic acids is 3. The molecule has 0 spiro atoms. The molecular weight excluding hydrogens is 368 g/mol. The highest BCUT2D eigenvalue weighted by Gasteiger charge is 2.37. The monoisotopic (exact) mass is 388 g/mol. The van der Waals surface area contributed by atoms with Gasteiger partial charge in [-0.2, -0.15) is 0 Å². The van der Waals surface area contributed by atoms with E-state index >= 15 is 0 Å². The van der Waals surface area contributed by atoms with E-state index in [-0.39, 0.29) is 31.2 Å². The summed E-state index contributed by atoms with van der Waals surface area (Å²) in [5.74, 6) is -0.522. The molecule has 7 heteroatoms. The van der Waals surface area contributed by atoms with Crippen molar-refractivity contribution in [3.05, 3.63) is 72.4 Å². The normalized spacial score (nSPS) is 16.1. The molecule has 146 valence electrons. The molecule has 1 saturated heterocycles. The first-order valence-corrected chi connectivity index (χ1v) is 9.41. The van der Waals surface area contributed by atoms with E-state index in [2.05, 4.69) is 15.6 Å². The molecule has 0 radical (unpaired) electrons. The van der Waals surface area contributed by atoms with Gasteiger partial charge in [0.25, 0.3) is 5.91 Å². The van der Waals surface area contributed by atoms with E-state index in [0.717, 1.165) is 16.5 Å². The van der Waals surface area contributed by atoms with Crippen LogP contribution in [0.15, 0.2) is 66.9 Å². The van der Waals surface area contributed by atoms with E-state index in [1.165, 1.54) is 4.90 Å². The number of carbonyl (C=O) groups is 3. The van der Waals surface area contributed by atoms with Gasteiger partial charge in [-0.05, 0) is 36.2 Å². The smallest absolute Gasteiger partial charge is 0.325 e. The van der Waals surface area contributed by atoms with Crippen molar-refractivity contribution in [3.8, 4) is 0 Å². The number of urea groups is 1. The number of hydrogen-bond donors (Lipinski definition) is 2. The van der Waals surface area contributed by atoms with Crippen LogP contribution in [-0.4, -0.2) is 33.8 Å². The van der Waals surface area contributed by atoms with Gasteiger partial charge in [0.05, 0.1) is 17.7 Å². The summed E-state index contributed by atoms with van der Waals surface area (Å²) < 4.78 is 0. The van der Waals surface area contributed by atoms with Gasteiger partial charge in [-0.15, -0.1) is 0 Å². The van der Waals surface area contributed by atoms with Gasteiger partial charge in [0.2, 0.25) is 5.91 Å². The third kappa shape index (κ3) is 4.08. The summed E-state index contributed by atoms with van der Waals surface area (Å²) >= 11 is 0. The lowest BCUT2D eigenvalue weighted by Gasteiger charge is -2.13. The average Bonchev–Trinajstić information content (AvgIpc) is 3.01. The summed E-state index contributed by atoms with van der Waals surface area (Å²) in [6, 6.07) is 17.4. The molecule has 1 fully saturated rings. The van der Waals surface area contributed by atoms with Crippen LogP contribution in [0.1, 0.15) is 18.4 Å². The van der Waals surface area contributed by atoms with E-state index in [9.17, 15) is 14.4 Å². The molecule has 4 amide bonds. The van der Waals surface area contributed by atoms with Crippen molar-refractivity contribution in [1.29, 1.82) is 0 Å². The lowest BCUT2D eigenvalue weighted by molar-refractivity contribution is -0.128. The van der Waals surface area contributed by atoms with Crippen LogP contribution in [-0.2, 0) is 16.1 Å². The second kappa shape index (κ2) is 8.10. The van der Waals surface area contributed by atoms with E-state index in [1.807, 2.05) is 60.7 Å². The molecule has 1 unspecified atom stereocenters. The summed E-state index contributed by atoms with van der Waals surface area (Å²) in [7, 11) is 0. The Bertz CT molecular complexity index is 1060. The van der Waals surface area contributed by atoms with Crippen molar-refractivity contribution in [3.63, 3.8) is 0 Å². The molecule has 3 aromatic rings. The molecular formula is C22H20N4O3. The maximum absolute atomic E-state index is 12.6. The molecule has 29 heavy (non-hydrogen) atoms. The zero-order valence-electron chi connectivity index (χ0n) is 15.7. The molecule has 0 bridgehead atoms. The number of hydrogen-bond acceptors (Lipinski definition) is 4. The van der Waals surface area contributed by atoms with Crippen LogP contribution >= 0.6 is 0 Å². The average molecular weight is 388 g/mol. The van der Waals surface area contributed by atoms with E-state index in [0.29, 0.717) is 5.69 Å². The first-order chi connectivity index (χ1) is 14.1. The van der Waals surface area contributed by atoms with E-state index in [1.54, 1.807) is 6.20 Å². The number of amides is 4. The molecule has 1 aliphatic heterocycles. The van der Waals surface area contributed by atoms with Crippen LogP contribution in [0, 0.1) is 0 Å². The predicted molar refractivity (Wildman–Crippen MR) is 109 cm³/mol. The van der Waals surface area contributed by atoms with Gasteiger partial charge in [0.1, 0.15) is 6.04 Å². The van der Waals surface area contributed by atoms with Gasteiger partial charge < -0.3 is 10.6 Å². The minimum absolute atomic E-state index is 0.118. The SMILES string of the molecule is O=C(CCC1NC(=O)N(Cc2ccccc2)C1=O)Nc1cccc2ncccc12. The number of anilines is 1. The van der Waals surface area contributed by atoms with E-state index < -0.39 is 12.1 Å². The van der Waals surface area contributed by atoms with Crippen molar-refractivity contribution in [2.24, 2.45) is 0 Å². The number of rotatable bonds is 6. The Morgan fingerprint density at radius 3 is 2.69 bits per heavy atom. The minimum atomic E-state index is -0.689. The predicted octanol–water partition coefficient (Wildman–Crippen LogP) is 3.07. The second-order valence-electron chi connectivity index (χ2n) is 6.87. The standard InChI is InChI=1S/C22H20N4O3/c27-20(24-18-10-4-9-17-16(18)8-5-13-23-17)12-11-19-21(28)26(22(29)25-19)14-15-6-2-1-3-7-15/h1-10,13,19H,11-12,14H2,(H,24,27)(H,25,29). The lowest BCUT2D eigenvalue weighted by Crippen LogP contribution is -2.31. The minimum Gasteiger partial charge on any atom is -0.326 e. The lowest BCUT2D eigenvalue weighted by atomic mass is 10.1. The van der Waals surface area contributed by atoms with Crippen molar-refractivity contribution in [1.82, 2.24) is 15.2 Å². The van der Waals surface area contributed by atoms with Crippen LogP contribution in [0.2, 0.25) is 0 Å². The van der Waals surface area contributed by atoms with Crippen LogP contribution in [0.5, 0.6) is 0 Å². The second-order valence-corrected chi connectivity index (χ2v) is 6.87. The Kier molecular flexibility index (Phi) is 5.20. The fourth-order valence-corrected chi connectivity index (χ4v) is 3.39. The Morgan fingerprint density at radius 1 is 1.03 bits per heavy atom. The molecule has 1 atom stereocenters. The van der Waals surface area contributed by atoms with Gasteiger partial charge in [-0.3, -0.25) is 19.5 Å². The fraction of sp³-hybridized carbons (Fsp3) is 0.182. The molecule has 0 aliphatic carbocycles. The number of nitrogens with zero attached hydrogens (tertiary/aromatic N) is 2. The fourth-order valence-electron chi connectivity index (χ4n) is 3.39. The number of aromatic nitrogens is 1. The topological polar surface area (TPSA) is 91.4 Å². The van der Waals surface area contributed by atoms with Crippen molar-refractivity contribution in [2.75, 3.05) is 5.32 Å². The number of imide groups is 1. The van der Waals surface area contributed by atoms with Crippen molar-refractivity contribution >= 4 is 34.4 Å². The van der Waals surface area contributed by atoms with Crippen LogP contribution in [0.3, 0.4) is 0 Å². The highest BCUT2D eigenvalue weighted by molar-refractivity contribution is 6.05.